The number of esters is 1. The number of nitrogens with one attached hydrogen (secondary N) is 1. The van der Waals surface area contributed by atoms with E-state index in [9.17, 15) is 9.59 Å². The van der Waals surface area contributed by atoms with Crippen LogP contribution in [0.2, 0.25) is 0 Å². The molecule has 0 amide bonds. The minimum atomic E-state index is -0.179. The molecule has 1 aromatic heterocycles. The molecule has 2 aromatic carbocycles. The van der Waals surface area contributed by atoms with Crippen LogP contribution in [0.25, 0.3) is 0 Å². The molecule has 192 valence electrons. The average Bonchev–Trinajstić information content (AvgIpc) is 3.31. The molecular formula is C31H40N2O3. The fraction of sp³-hybridized carbons (Fsp3) is 0.419. The number of benzene rings is 2. The second-order valence-corrected chi connectivity index (χ2v) is 9.59. The summed E-state index contributed by atoms with van der Waals surface area (Å²) in [6, 6.07) is 18.5. The molecular weight excluding hydrogens is 448 g/mol. The molecule has 0 radical (unpaired) electrons. The van der Waals surface area contributed by atoms with Gasteiger partial charge in [0.05, 0.1) is 12.6 Å². The van der Waals surface area contributed by atoms with Gasteiger partial charge in [-0.2, -0.15) is 0 Å². The highest BCUT2D eigenvalue weighted by atomic mass is 16.5. The minimum Gasteiger partial charge on any atom is -0.466 e. The molecule has 1 heterocycles. The zero-order chi connectivity index (χ0) is 25.9. The number of nitrogens with zero attached hydrogens (tertiary/aromatic N) is 1. The van der Waals surface area contributed by atoms with Crippen LogP contribution in [0.1, 0.15) is 98.8 Å². The van der Waals surface area contributed by atoms with Crippen molar-refractivity contribution in [3.8, 4) is 0 Å². The average molecular weight is 489 g/mol. The number of hydrogen-bond acceptors (Lipinski definition) is 4. The van der Waals surface area contributed by atoms with E-state index in [-0.39, 0.29) is 23.7 Å². The molecule has 5 nitrogen and oxygen atoms in total. The van der Waals surface area contributed by atoms with Gasteiger partial charge in [-0.05, 0) is 48.9 Å². The summed E-state index contributed by atoms with van der Waals surface area (Å²) < 4.78 is 7.05. The van der Waals surface area contributed by atoms with Crippen molar-refractivity contribution in [2.75, 3.05) is 11.9 Å². The third-order valence-corrected chi connectivity index (χ3v) is 6.39. The van der Waals surface area contributed by atoms with E-state index in [2.05, 4.69) is 50.4 Å². The molecule has 3 rings (SSSR count). The number of ether oxygens (including phenoxy) is 1. The number of ketones is 1. The Kier molecular flexibility index (Phi) is 10.3. The largest absolute Gasteiger partial charge is 0.466 e. The maximum absolute atomic E-state index is 13.6. The van der Waals surface area contributed by atoms with E-state index in [4.69, 9.17) is 4.74 Å². The van der Waals surface area contributed by atoms with Crippen LogP contribution in [0.15, 0.2) is 67.0 Å². The molecule has 0 aliphatic heterocycles. The van der Waals surface area contributed by atoms with Gasteiger partial charge in [-0.3, -0.25) is 9.59 Å². The van der Waals surface area contributed by atoms with Crippen molar-refractivity contribution in [2.24, 2.45) is 0 Å². The number of aromatic nitrogens is 1. The molecule has 1 atom stereocenters. The van der Waals surface area contributed by atoms with Crippen molar-refractivity contribution < 1.29 is 14.3 Å². The van der Waals surface area contributed by atoms with Gasteiger partial charge in [-0.25, -0.2) is 0 Å². The Hall–Kier alpha value is -3.34. The van der Waals surface area contributed by atoms with E-state index >= 15 is 0 Å². The predicted molar refractivity (Wildman–Crippen MR) is 147 cm³/mol. The Bertz CT molecular complexity index is 1120. The quantitative estimate of drug-likeness (QED) is 0.188. The predicted octanol–water partition coefficient (Wildman–Crippen LogP) is 7.53. The van der Waals surface area contributed by atoms with Crippen LogP contribution < -0.4 is 5.32 Å². The maximum Gasteiger partial charge on any atom is 0.305 e. The summed E-state index contributed by atoms with van der Waals surface area (Å²) in [6.07, 6.45) is 8.32. The molecule has 0 aliphatic carbocycles. The molecule has 0 bridgehead atoms. The highest BCUT2D eigenvalue weighted by Crippen LogP contribution is 2.28. The number of carbonyl (C=O) groups is 2. The highest BCUT2D eigenvalue weighted by molar-refractivity contribution is 6.10. The maximum atomic E-state index is 13.6. The SMILES string of the molecule is CCCCC(Nc1cccc(C(=O)c2cn(CCCC(=O)OCC)cc2C(C)C)c1)c1ccccc1. The molecule has 36 heavy (non-hydrogen) atoms. The Balaban J connectivity index is 1.78. The monoisotopic (exact) mass is 488 g/mol. The number of aryl methyl sites for hydroxylation is 1. The van der Waals surface area contributed by atoms with E-state index in [0.717, 1.165) is 36.1 Å². The molecule has 1 N–H and O–H groups in total. The first-order valence-electron chi connectivity index (χ1n) is 13.2. The smallest absolute Gasteiger partial charge is 0.305 e. The van der Waals surface area contributed by atoms with E-state index in [0.29, 0.717) is 31.6 Å². The number of carbonyl (C=O) groups excluding carboxylic acids is 2. The van der Waals surface area contributed by atoms with Gasteiger partial charge in [0, 0.05) is 42.2 Å². The number of hydrogen-bond donors (Lipinski definition) is 1. The first-order valence-corrected chi connectivity index (χ1v) is 13.2. The van der Waals surface area contributed by atoms with Crippen LogP contribution in [0.3, 0.4) is 0 Å². The second kappa shape index (κ2) is 13.7. The van der Waals surface area contributed by atoms with Crippen molar-refractivity contribution in [3.05, 3.63) is 89.2 Å². The summed E-state index contributed by atoms with van der Waals surface area (Å²) in [5.41, 5.74) is 4.63. The lowest BCUT2D eigenvalue weighted by atomic mass is 9.96. The number of anilines is 1. The van der Waals surface area contributed by atoms with E-state index < -0.39 is 0 Å². The minimum absolute atomic E-state index is 0.0244. The third kappa shape index (κ3) is 7.58. The van der Waals surface area contributed by atoms with Crippen molar-refractivity contribution in [2.45, 2.75) is 78.3 Å². The normalized spacial score (nSPS) is 11.9. The van der Waals surface area contributed by atoms with Crippen molar-refractivity contribution in [1.82, 2.24) is 4.57 Å². The van der Waals surface area contributed by atoms with Gasteiger partial charge in [0.2, 0.25) is 0 Å². The Labute approximate surface area is 215 Å². The third-order valence-electron chi connectivity index (χ3n) is 6.39. The van der Waals surface area contributed by atoms with E-state index in [1.807, 2.05) is 54.2 Å². The van der Waals surface area contributed by atoms with Crippen molar-refractivity contribution >= 4 is 17.4 Å². The van der Waals surface area contributed by atoms with Gasteiger partial charge in [0.1, 0.15) is 0 Å². The zero-order valence-corrected chi connectivity index (χ0v) is 22.1. The summed E-state index contributed by atoms with van der Waals surface area (Å²) in [5.74, 6) is 0.0616. The van der Waals surface area contributed by atoms with Crippen LogP contribution in [0.5, 0.6) is 0 Å². The Morgan fingerprint density at radius 2 is 1.75 bits per heavy atom. The molecule has 0 saturated heterocycles. The number of unbranched alkanes of at least 4 members (excludes halogenated alkanes) is 1. The molecule has 0 aliphatic rings. The Morgan fingerprint density at radius 1 is 0.972 bits per heavy atom. The Morgan fingerprint density at radius 3 is 2.44 bits per heavy atom. The molecule has 0 spiro atoms. The molecule has 3 aromatic rings. The number of rotatable bonds is 14. The van der Waals surface area contributed by atoms with Crippen LogP contribution in [0.4, 0.5) is 5.69 Å². The van der Waals surface area contributed by atoms with Crippen LogP contribution in [-0.2, 0) is 16.1 Å². The van der Waals surface area contributed by atoms with Gasteiger partial charge < -0.3 is 14.6 Å². The van der Waals surface area contributed by atoms with E-state index in [1.165, 1.54) is 5.56 Å². The summed E-state index contributed by atoms with van der Waals surface area (Å²) in [6.45, 7) is 9.29. The zero-order valence-electron chi connectivity index (χ0n) is 22.1. The summed E-state index contributed by atoms with van der Waals surface area (Å²) in [5, 5.41) is 3.67. The van der Waals surface area contributed by atoms with Gasteiger partial charge in [0.25, 0.3) is 0 Å². The van der Waals surface area contributed by atoms with Crippen LogP contribution in [0, 0.1) is 0 Å². The van der Waals surface area contributed by atoms with Gasteiger partial charge in [-0.15, -0.1) is 0 Å². The summed E-state index contributed by atoms with van der Waals surface area (Å²) >= 11 is 0. The van der Waals surface area contributed by atoms with E-state index in [1.54, 1.807) is 0 Å². The molecule has 0 fully saturated rings. The lowest BCUT2D eigenvalue weighted by Gasteiger charge is -2.21. The fourth-order valence-electron chi connectivity index (χ4n) is 4.47. The highest BCUT2D eigenvalue weighted by Gasteiger charge is 2.19. The van der Waals surface area contributed by atoms with Gasteiger partial charge in [-0.1, -0.05) is 76.1 Å². The summed E-state index contributed by atoms with van der Waals surface area (Å²) in [7, 11) is 0. The van der Waals surface area contributed by atoms with Crippen molar-refractivity contribution in [3.63, 3.8) is 0 Å². The molecule has 0 saturated carbocycles. The first-order chi connectivity index (χ1) is 17.4. The second-order valence-electron chi connectivity index (χ2n) is 9.59. The standard InChI is InChI=1S/C31H40N2O3/c1-5-7-17-29(24-13-9-8-10-14-24)32-26-16-11-15-25(20-26)31(35)28-22-33(21-27(28)23(3)4)19-12-18-30(34)36-6-2/h8-11,13-16,20-23,29,32H,5-7,12,17-19H2,1-4H3. The molecule has 5 heteroatoms. The lowest BCUT2D eigenvalue weighted by Crippen LogP contribution is -2.11. The van der Waals surface area contributed by atoms with Crippen LogP contribution in [-0.4, -0.2) is 22.9 Å². The first kappa shape index (κ1) is 27.3. The fourth-order valence-corrected chi connectivity index (χ4v) is 4.47. The summed E-state index contributed by atoms with van der Waals surface area (Å²) in [4.78, 5) is 25.3. The topological polar surface area (TPSA) is 60.3 Å². The molecule has 1 unspecified atom stereocenters. The van der Waals surface area contributed by atoms with Crippen molar-refractivity contribution in [1.29, 1.82) is 0 Å². The van der Waals surface area contributed by atoms with Gasteiger partial charge >= 0.3 is 5.97 Å². The van der Waals surface area contributed by atoms with Gasteiger partial charge in [0.15, 0.2) is 5.78 Å². The lowest BCUT2D eigenvalue weighted by molar-refractivity contribution is -0.143. The van der Waals surface area contributed by atoms with Crippen LogP contribution >= 0.6 is 0 Å².